The average Bonchev–Trinajstić information content (AvgIpc) is 2.96. The molecule has 0 radical (unpaired) electrons. The summed E-state index contributed by atoms with van der Waals surface area (Å²) in [5.74, 6) is -0.0355. The van der Waals surface area contributed by atoms with Gasteiger partial charge in [0.1, 0.15) is 0 Å². The van der Waals surface area contributed by atoms with Gasteiger partial charge in [-0.3, -0.25) is 9.59 Å². The summed E-state index contributed by atoms with van der Waals surface area (Å²) in [6, 6.07) is 13.8. The number of aryl methyl sites for hydroxylation is 1. The van der Waals surface area contributed by atoms with Gasteiger partial charge in [-0.15, -0.1) is 0 Å². The Morgan fingerprint density at radius 2 is 1.69 bits per heavy atom. The Hall–Kier alpha value is -3.15. The van der Waals surface area contributed by atoms with Crippen LogP contribution < -0.4 is 15.5 Å². The molecule has 0 bridgehead atoms. The first-order valence-electron chi connectivity index (χ1n) is 8.48. The summed E-state index contributed by atoms with van der Waals surface area (Å²) < 4.78 is 0. The monoisotopic (exact) mass is 351 g/mol. The fraction of sp³-hybridized carbons (Fsp3) is 0.250. The van der Waals surface area contributed by atoms with Crippen LogP contribution in [0.4, 0.5) is 16.2 Å². The van der Waals surface area contributed by atoms with Crippen molar-refractivity contribution in [3.05, 3.63) is 59.7 Å². The Bertz CT molecular complexity index is 828. The lowest BCUT2D eigenvalue weighted by Crippen LogP contribution is -2.39. The number of hydrogen-bond acceptors (Lipinski definition) is 3. The predicted molar refractivity (Wildman–Crippen MR) is 101 cm³/mol. The fourth-order valence-electron chi connectivity index (χ4n) is 2.92. The molecule has 6 heteroatoms. The van der Waals surface area contributed by atoms with Crippen LogP contribution in [0, 0.1) is 6.92 Å². The Balaban J connectivity index is 1.57. The van der Waals surface area contributed by atoms with E-state index in [-0.39, 0.29) is 30.2 Å². The van der Waals surface area contributed by atoms with Crippen molar-refractivity contribution in [2.24, 2.45) is 0 Å². The standard InChI is InChI=1S/C20H21N3O3/c1-13-3-9-18(10-4-13)23-12-17(11-19(23)25)22-20(26)21-16-7-5-15(6-8-16)14(2)24/h3-10,17H,11-12H2,1-2H3,(H2,21,22,26). The van der Waals surface area contributed by atoms with Crippen LogP contribution in [0.25, 0.3) is 0 Å². The van der Waals surface area contributed by atoms with E-state index < -0.39 is 0 Å². The van der Waals surface area contributed by atoms with Crippen molar-refractivity contribution in [2.75, 3.05) is 16.8 Å². The fourth-order valence-corrected chi connectivity index (χ4v) is 2.92. The topological polar surface area (TPSA) is 78.5 Å². The Kier molecular flexibility index (Phi) is 5.02. The molecule has 2 N–H and O–H groups in total. The number of carbonyl (C=O) groups excluding carboxylic acids is 3. The molecule has 3 amide bonds. The second kappa shape index (κ2) is 7.39. The van der Waals surface area contributed by atoms with Crippen LogP contribution in [0.1, 0.15) is 29.3 Å². The van der Waals surface area contributed by atoms with Gasteiger partial charge in [0.15, 0.2) is 5.78 Å². The first-order valence-corrected chi connectivity index (χ1v) is 8.48. The summed E-state index contributed by atoms with van der Waals surface area (Å²) in [4.78, 5) is 37.4. The van der Waals surface area contributed by atoms with Crippen LogP contribution in [0.15, 0.2) is 48.5 Å². The molecule has 26 heavy (non-hydrogen) atoms. The van der Waals surface area contributed by atoms with Crippen LogP contribution in [0.2, 0.25) is 0 Å². The highest BCUT2D eigenvalue weighted by Crippen LogP contribution is 2.22. The molecular formula is C20H21N3O3. The van der Waals surface area contributed by atoms with Crippen LogP contribution >= 0.6 is 0 Å². The summed E-state index contributed by atoms with van der Waals surface area (Å²) in [7, 11) is 0. The highest BCUT2D eigenvalue weighted by Gasteiger charge is 2.31. The van der Waals surface area contributed by atoms with Gasteiger partial charge in [0.2, 0.25) is 5.91 Å². The molecule has 1 saturated heterocycles. The number of benzene rings is 2. The van der Waals surface area contributed by atoms with Crippen LogP contribution in [0.5, 0.6) is 0 Å². The van der Waals surface area contributed by atoms with Gasteiger partial charge >= 0.3 is 6.03 Å². The third kappa shape index (κ3) is 4.08. The van der Waals surface area contributed by atoms with Gasteiger partial charge in [0.25, 0.3) is 0 Å². The number of amides is 3. The van der Waals surface area contributed by atoms with Gasteiger partial charge in [0, 0.05) is 29.9 Å². The van der Waals surface area contributed by atoms with Crippen LogP contribution in [0.3, 0.4) is 0 Å². The van der Waals surface area contributed by atoms with E-state index in [9.17, 15) is 14.4 Å². The van der Waals surface area contributed by atoms with Gasteiger partial charge in [-0.25, -0.2) is 4.79 Å². The highest BCUT2D eigenvalue weighted by atomic mass is 16.2. The molecule has 3 rings (SSSR count). The van der Waals surface area contributed by atoms with Crippen molar-refractivity contribution in [3.63, 3.8) is 0 Å². The number of nitrogens with one attached hydrogen (secondary N) is 2. The molecule has 1 fully saturated rings. The van der Waals surface area contributed by atoms with Crippen LogP contribution in [-0.4, -0.2) is 30.3 Å². The van der Waals surface area contributed by atoms with E-state index >= 15 is 0 Å². The smallest absolute Gasteiger partial charge is 0.319 e. The molecule has 0 spiro atoms. The minimum atomic E-state index is -0.371. The Morgan fingerprint density at radius 3 is 2.31 bits per heavy atom. The van der Waals surface area contributed by atoms with Gasteiger partial charge in [-0.2, -0.15) is 0 Å². The third-order valence-corrected chi connectivity index (χ3v) is 4.36. The zero-order chi connectivity index (χ0) is 18.7. The van der Waals surface area contributed by atoms with Gasteiger partial charge in [-0.05, 0) is 50.2 Å². The van der Waals surface area contributed by atoms with Crippen molar-refractivity contribution in [1.29, 1.82) is 0 Å². The molecule has 0 aromatic heterocycles. The lowest BCUT2D eigenvalue weighted by molar-refractivity contribution is -0.117. The molecule has 1 heterocycles. The number of nitrogens with zero attached hydrogens (tertiary/aromatic N) is 1. The Morgan fingerprint density at radius 1 is 1.04 bits per heavy atom. The number of Topliss-reactive ketones (excluding diaryl/α,β-unsaturated/α-hetero) is 1. The minimum Gasteiger partial charge on any atom is -0.333 e. The van der Waals surface area contributed by atoms with E-state index in [1.54, 1.807) is 29.2 Å². The maximum Gasteiger partial charge on any atom is 0.319 e. The second-order valence-corrected chi connectivity index (χ2v) is 6.47. The Labute approximate surface area is 152 Å². The molecule has 1 aliphatic heterocycles. The molecule has 1 atom stereocenters. The lowest BCUT2D eigenvalue weighted by atomic mass is 10.1. The molecule has 2 aromatic rings. The summed E-state index contributed by atoms with van der Waals surface area (Å²) in [5.41, 5.74) is 3.15. The lowest BCUT2D eigenvalue weighted by Gasteiger charge is -2.17. The quantitative estimate of drug-likeness (QED) is 0.831. The first-order chi connectivity index (χ1) is 12.4. The number of carbonyl (C=O) groups is 3. The highest BCUT2D eigenvalue weighted by molar-refractivity contribution is 5.98. The molecule has 0 saturated carbocycles. The summed E-state index contributed by atoms with van der Waals surface area (Å²) >= 11 is 0. The van der Waals surface area contributed by atoms with Crippen molar-refractivity contribution < 1.29 is 14.4 Å². The predicted octanol–water partition coefficient (Wildman–Crippen LogP) is 3.12. The van der Waals surface area contributed by atoms with Gasteiger partial charge < -0.3 is 15.5 Å². The van der Waals surface area contributed by atoms with E-state index in [0.717, 1.165) is 11.3 Å². The molecule has 1 aliphatic rings. The van der Waals surface area contributed by atoms with E-state index in [4.69, 9.17) is 0 Å². The zero-order valence-electron chi connectivity index (χ0n) is 14.8. The van der Waals surface area contributed by atoms with E-state index in [2.05, 4.69) is 10.6 Å². The number of rotatable bonds is 4. The number of ketones is 1. The maximum absolute atomic E-state index is 12.2. The van der Waals surface area contributed by atoms with Crippen molar-refractivity contribution in [3.8, 4) is 0 Å². The third-order valence-electron chi connectivity index (χ3n) is 4.36. The normalized spacial score (nSPS) is 16.5. The van der Waals surface area contributed by atoms with Crippen molar-refractivity contribution >= 4 is 29.1 Å². The molecule has 0 aliphatic carbocycles. The summed E-state index contributed by atoms with van der Waals surface area (Å²) in [6.07, 6.45) is 0.268. The van der Waals surface area contributed by atoms with E-state index in [0.29, 0.717) is 17.8 Å². The largest absolute Gasteiger partial charge is 0.333 e. The number of anilines is 2. The summed E-state index contributed by atoms with van der Waals surface area (Å²) in [5, 5.41) is 5.55. The SMILES string of the molecule is CC(=O)c1ccc(NC(=O)NC2CC(=O)N(c3ccc(C)cc3)C2)cc1. The second-order valence-electron chi connectivity index (χ2n) is 6.47. The maximum atomic E-state index is 12.2. The summed E-state index contributed by atoms with van der Waals surface area (Å²) in [6.45, 7) is 3.93. The van der Waals surface area contributed by atoms with Crippen molar-refractivity contribution in [1.82, 2.24) is 5.32 Å². The molecule has 1 unspecified atom stereocenters. The van der Waals surface area contributed by atoms with Gasteiger partial charge in [-0.1, -0.05) is 17.7 Å². The minimum absolute atomic E-state index is 0.00929. The number of urea groups is 1. The number of hydrogen-bond donors (Lipinski definition) is 2. The first kappa shape index (κ1) is 17.7. The molecular weight excluding hydrogens is 330 g/mol. The molecule has 2 aromatic carbocycles. The molecule has 6 nitrogen and oxygen atoms in total. The molecule has 134 valence electrons. The van der Waals surface area contributed by atoms with Gasteiger partial charge in [0.05, 0.1) is 6.04 Å². The van der Waals surface area contributed by atoms with Crippen molar-refractivity contribution in [2.45, 2.75) is 26.3 Å². The van der Waals surface area contributed by atoms with E-state index in [1.165, 1.54) is 6.92 Å². The average molecular weight is 351 g/mol. The zero-order valence-corrected chi connectivity index (χ0v) is 14.8. The van der Waals surface area contributed by atoms with E-state index in [1.807, 2.05) is 31.2 Å². The van der Waals surface area contributed by atoms with Crippen LogP contribution in [-0.2, 0) is 4.79 Å².